The second-order valence-electron chi connectivity index (χ2n) is 5.33. The van der Waals surface area contributed by atoms with Crippen LogP contribution in [0.25, 0.3) is 0 Å². The van der Waals surface area contributed by atoms with Crippen LogP contribution in [-0.4, -0.2) is 21.4 Å². The van der Waals surface area contributed by atoms with Crippen molar-refractivity contribution in [1.29, 1.82) is 0 Å². The van der Waals surface area contributed by atoms with Gasteiger partial charge in [0.15, 0.2) is 6.29 Å². The Morgan fingerprint density at radius 2 is 1.46 bits per heavy atom. The van der Waals surface area contributed by atoms with Crippen LogP contribution in [0.15, 0.2) is 24.5 Å². The third-order valence-corrected chi connectivity index (χ3v) is 3.49. The summed E-state index contributed by atoms with van der Waals surface area (Å²) >= 11 is 11.0. The van der Waals surface area contributed by atoms with Gasteiger partial charge in [0.2, 0.25) is 0 Å². The van der Waals surface area contributed by atoms with E-state index in [0.29, 0.717) is 18.8 Å². The van der Waals surface area contributed by atoms with Gasteiger partial charge in [0, 0.05) is 31.8 Å². The molecule has 0 radical (unpaired) electrons. The number of pyridine rings is 2. The number of nitrogens with zero attached hydrogens (tertiary/aromatic N) is 2. The van der Waals surface area contributed by atoms with E-state index in [1.807, 2.05) is 0 Å². The third-order valence-electron chi connectivity index (χ3n) is 2.91. The van der Waals surface area contributed by atoms with Gasteiger partial charge >= 0.3 is 0 Å². The fraction of sp³-hybridized carbons (Fsp3) is 0.312. The van der Waals surface area contributed by atoms with Crippen LogP contribution in [0.1, 0.15) is 41.2 Å². The standard InChI is InChI=1S/C8H8ClF2NO.C8H6ClF2NO/c2*1-8(10,11)7-6(9)2-5(4-13)3-12-7/h2-3,13H,4H2,1H3;2-4H,1H3. The molecule has 0 unspecified atom stereocenters. The molecule has 0 saturated carbocycles. The first kappa shape index (κ1) is 22.3. The van der Waals surface area contributed by atoms with Gasteiger partial charge in [-0.3, -0.25) is 14.8 Å². The summed E-state index contributed by atoms with van der Waals surface area (Å²) in [5, 5.41) is 8.35. The molecule has 26 heavy (non-hydrogen) atoms. The maximum Gasteiger partial charge on any atom is 0.288 e. The van der Waals surface area contributed by atoms with Crippen LogP contribution in [0.4, 0.5) is 17.6 Å². The van der Waals surface area contributed by atoms with E-state index in [1.54, 1.807) is 0 Å². The minimum absolute atomic E-state index is 0.126. The first-order valence-electron chi connectivity index (χ1n) is 7.02. The fourth-order valence-corrected chi connectivity index (χ4v) is 2.42. The average Bonchev–Trinajstić information content (AvgIpc) is 2.52. The normalized spacial score (nSPS) is 11.6. The Morgan fingerprint density at radius 1 is 1.00 bits per heavy atom. The molecule has 10 heteroatoms. The molecule has 0 amide bonds. The van der Waals surface area contributed by atoms with E-state index >= 15 is 0 Å². The van der Waals surface area contributed by atoms with Gasteiger partial charge in [-0.05, 0) is 17.7 Å². The summed E-state index contributed by atoms with van der Waals surface area (Å²) in [5.74, 6) is -6.14. The van der Waals surface area contributed by atoms with Crippen LogP contribution in [0.5, 0.6) is 0 Å². The van der Waals surface area contributed by atoms with Crippen LogP contribution < -0.4 is 0 Å². The largest absolute Gasteiger partial charge is 0.392 e. The number of aliphatic hydroxyl groups excluding tert-OH is 1. The number of aromatic nitrogens is 2. The summed E-state index contributed by atoms with van der Waals surface area (Å²) < 4.78 is 50.9. The SMILES string of the molecule is CC(F)(F)c1ncc(C=O)cc1Cl.CC(F)(F)c1ncc(CO)cc1Cl. The van der Waals surface area contributed by atoms with E-state index in [2.05, 4.69) is 9.97 Å². The van der Waals surface area contributed by atoms with Crippen molar-refractivity contribution < 1.29 is 27.5 Å². The van der Waals surface area contributed by atoms with E-state index in [4.69, 9.17) is 28.3 Å². The predicted octanol–water partition coefficient (Wildman–Crippen LogP) is 5.00. The van der Waals surface area contributed by atoms with Crippen LogP contribution in [0, 0.1) is 0 Å². The van der Waals surface area contributed by atoms with Gasteiger partial charge < -0.3 is 5.11 Å². The number of hydrogen-bond donors (Lipinski definition) is 1. The number of halogens is 6. The van der Waals surface area contributed by atoms with Crippen LogP contribution in [0.2, 0.25) is 10.0 Å². The number of aldehydes is 1. The van der Waals surface area contributed by atoms with E-state index in [-0.39, 0.29) is 22.2 Å². The van der Waals surface area contributed by atoms with Crippen LogP contribution in [0.3, 0.4) is 0 Å². The van der Waals surface area contributed by atoms with Gasteiger partial charge in [0.25, 0.3) is 11.8 Å². The Morgan fingerprint density at radius 3 is 1.81 bits per heavy atom. The molecule has 0 aliphatic rings. The van der Waals surface area contributed by atoms with Gasteiger partial charge in [-0.2, -0.15) is 17.6 Å². The van der Waals surface area contributed by atoms with Crippen molar-refractivity contribution in [2.45, 2.75) is 32.3 Å². The second-order valence-corrected chi connectivity index (χ2v) is 6.14. The highest BCUT2D eigenvalue weighted by molar-refractivity contribution is 6.31. The number of aliphatic hydroxyl groups is 1. The number of alkyl halides is 4. The highest BCUT2D eigenvalue weighted by Gasteiger charge is 2.29. The molecule has 0 fully saturated rings. The molecule has 0 spiro atoms. The summed E-state index contributed by atoms with van der Waals surface area (Å²) in [5.41, 5.74) is -0.387. The molecule has 2 aromatic rings. The highest BCUT2D eigenvalue weighted by Crippen LogP contribution is 2.31. The zero-order valence-electron chi connectivity index (χ0n) is 13.6. The molecule has 2 heterocycles. The lowest BCUT2D eigenvalue weighted by Crippen LogP contribution is -2.10. The van der Waals surface area contributed by atoms with E-state index < -0.39 is 23.2 Å². The topological polar surface area (TPSA) is 63.1 Å². The molecule has 0 aliphatic heterocycles. The lowest BCUT2D eigenvalue weighted by Gasteiger charge is -2.11. The van der Waals surface area contributed by atoms with Gasteiger partial charge in [-0.15, -0.1) is 0 Å². The first-order chi connectivity index (χ1) is 11.9. The second kappa shape index (κ2) is 8.75. The van der Waals surface area contributed by atoms with Gasteiger partial charge in [0.05, 0.1) is 16.7 Å². The van der Waals surface area contributed by atoms with Crippen LogP contribution in [-0.2, 0) is 18.5 Å². The van der Waals surface area contributed by atoms with Crippen LogP contribution >= 0.6 is 23.2 Å². The summed E-state index contributed by atoms with van der Waals surface area (Å²) in [6.45, 7) is 1.16. The molecule has 142 valence electrons. The predicted molar refractivity (Wildman–Crippen MR) is 88.9 cm³/mol. The molecule has 0 saturated heterocycles. The quantitative estimate of drug-likeness (QED) is 0.566. The number of rotatable bonds is 4. The fourth-order valence-electron chi connectivity index (χ4n) is 1.73. The first-order valence-corrected chi connectivity index (χ1v) is 7.78. The molecular weight excluding hydrogens is 399 g/mol. The zero-order valence-corrected chi connectivity index (χ0v) is 15.1. The highest BCUT2D eigenvalue weighted by atomic mass is 35.5. The summed E-state index contributed by atoms with van der Waals surface area (Å²) in [6, 6.07) is 2.44. The molecular formula is C16H14Cl2F4N2O2. The van der Waals surface area contributed by atoms with Crippen molar-refractivity contribution in [3.05, 3.63) is 57.1 Å². The maximum absolute atomic E-state index is 12.7. The Hall–Kier alpha value is -1.77. The molecule has 2 rings (SSSR count). The van der Waals surface area contributed by atoms with Crippen molar-refractivity contribution >= 4 is 29.5 Å². The Labute approximate surface area is 156 Å². The van der Waals surface area contributed by atoms with Crippen molar-refractivity contribution in [2.24, 2.45) is 0 Å². The summed E-state index contributed by atoms with van der Waals surface area (Å²) in [6.07, 6.45) is 2.74. The minimum Gasteiger partial charge on any atom is -0.392 e. The Balaban J connectivity index is 0.000000260. The van der Waals surface area contributed by atoms with Gasteiger partial charge in [-0.1, -0.05) is 23.2 Å². The molecule has 4 nitrogen and oxygen atoms in total. The molecule has 0 aliphatic carbocycles. The summed E-state index contributed by atoms with van der Waals surface area (Å²) in [4.78, 5) is 17.1. The van der Waals surface area contributed by atoms with Gasteiger partial charge in [0.1, 0.15) is 11.4 Å². The lowest BCUT2D eigenvalue weighted by molar-refractivity contribution is 0.0122. The van der Waals surface area contributed by atoms with E-state index in [9.17, 15) is 22.4 Å². The Kier molecular flexibility index (Phi) is 7.49. The molecule has 0 bridgehead atoms. The average molecular weight is 413 g/mol. The molecule has 0 atom stereocenters. The number of carbonyl (C=O) groups excluding carboxylic acids is 1. The monoisotopic (exact) mass is 412 g/mol. The lowest BCUT2D eigenvalue weighted by atomic mass is 10.2. The summed E-state index contributed by atoms with van der Waals surface area (Å²) in [7, 11) is 0. The maximum atomic E-state index is 12.7. The van der Waals surface area contributed by atoms with E-state index in [1.165, 1.54) is 12.3 Å². The van der Waals surface area contributed by atoms with Crippen molar-refractivity contribution in [2.75, 3.05) is 0 Å². The third kappa shape index (κ3) is 6.19. The van der Waals surface area contributed by atoms with Crippen molar-refractivity contribution in [1.82, 2.24) is 9.97 Å². The minimum atomic E-state index is -3.08. The Bertz CT molecular complexity index is 778. The van der Waals surface area contributed by atoms with Gasteiger partial charge in [-0.25, -0.2) is 0 Å². The van der Waals surface area contributed by atoms with Crippen molar-refractivity contribution in [3.8, 4) is 0 Å². The number of carbonyl (C=O) groups is 1. The molecule has 0 aromatic carbocycles. The van der Waals surface area contributed by atoms with E-state index in [0.717, 1.165) is 19.2 Å². The number of hydrogen-bond acceptors (Lipinski definition) is 4. The molecule has 1 N–H and O–H groups in total. The smallest absolute Gasteiger partial charge is 0.288 e. The van der Waals surface area contributed by atoms with Crippen molar-refractivity contribution in [3.63, 3.8) is 0 Å². The molecule has 2 aromatic heterocycles. The zero-order chi connectivity index (χ0) is 20.1.